The van der Waals surface area contributed by atoms with Crippen molar-refractivity contribution in [2.75, 3.05) is 31.1 Å². The maximum atomic E-state index is 13.0. The van der Waals surface area contributed by atoms with Crippen LogP contribution in [0.1, 0.15) is 51.1 Å². The lowest BCUT2D eigenvalue weighted by Crippen LogP contribution is -2.45. The van der Waals surface area contributed by atoms with E-state index in [1.165, 1.54) is 35.0 Å². The molecule has 8 heteroatoms. The molecule has 2 heterocycles. The summed E-state index contributed by atoms with van der Waals surface area (Å²) in [5, 5.41) is 3.59. The number of piperidine rings is 2. The van der Waals surface area contributed by atoms with E-state index in [1.807, 2.05) is 6.92 Å². The van der Waals surface area contributed by atoms with E-state index in [9.17, 15) is 13.2 Å². The van der Waals surface area contributed by atoms with E-state index < -0.39 is 10.0 Å². The van der Waals surface area contributed by atoms with Crippen LogP contribution in [0.4, 0.5) is 5.69 Å². The minimum Gasteiger partial charge on any atom is -0.372 e. The molecule has 2 fully saturated rings. The van der Waals surface area contributed by atoms with E-state index >= 15 is 0 Å². The highest BCUT2D eigenvalue weighted by Gasteiger charge is 2.33. The predicted molar refractivity (Wildman–Crippen MR) is 137 cm³/mol. The average molecular weight is 504 g/mol. The van der Waals surface area contributed by atoms with Crippen molar-refractivity contribution in [2.45, 2.75) is 50.5 Å². The third-order valence-electron chi connectivity index (χ3n) is 7.11. The van der Waals surface area contributed by atoms with Gasteiger partial charge in [0.05, 0.1) is 16.9 Å². The number of nitrogens with zero attached hydrogens (tertiary/aromatic N) is 2. The molecule has 0 bridgehead atoms. The third kappa shape index (κ3) is 5.75. The molecular formula is C26H34ClN3O3S. The molecular weight excluding hydrogens is 470 g/mol. The minimum atomic E-state index is -3.65. The van der Waals surface area contributed by atoms with E-state index in [2.05, 4.69) is 41.4 Å². The normalized spacial score (nSPS) is 21.3. The monoisotopic (exact) mass is 503 g/mol. The lowest BCUT2D eigenvalue weighted by Gasteiger charge is -2.32. The molecule has 2 aliphatic rings. The zero-order valence-corrected chi connectivity index (χ0v) is 21.5. The lowest BCUT2D eigenvalue weighted by molar-refractivity contribution is -0.126. The van der Waals surface area contributed by atoms with Crippen LogP contribution in [-0.2, 0) is 14.8 Å². The number of carbonyl (C=O) groups is 1. The second-order valence-electron chi connectivity index (χ2n) is 9.65. The molecule has 6 nitrogen and oxygen atoms in total. The van der Waals surface area contributed by atoms with Gasteiger partial charge in [-0.3, -0.25) is 4.79 Å². The maximum absolute atomic E-state index is 13.0. The second kappa shape index (κ2) is 10.7. The summed E-state index contributed by atoms with van der Waals surface area (Å²) in [4.78, 5) is 15.6. The molecule has 2 aromatic carbocycles. The largest absolute Gasteiger partial charge is 0.372 e. The van der Waals surface area contributed by atoms with Gasteiger partial charge in [0.1, 0.15) is 0 Å². The van der Waals surface area contributed by atoms with Gasteiger partial charge in [-0.1, -0.05) is 30.7 Å². The zero-order chi connectivity index (χ0) is 24.3. The number of benzene rings is 2. The number of hydrogen-bond acceptors (Lipinski definition) is 4. The number of halogens is 1. The Labute approximate surface area is 208 Å². The molecule has 2 aromatic rings. The molecule has 0 spiro atoms. The smallest absolute Gasteiger partial charge is 0.243 e. The first-order valence-electron chi connectivity index (χ1n) is 12.1. The van der Waals surface area contributed by atoms with Crippen LogP contribution < -0.4 is 10.2 Å². The first kappa shape index (κ1) is 25.0. The Morgan fingerprint density at radius 2 is 1.65 bits per heavy atom. The lowest BCUT2D eigenvalue weighted by atomic mass is 9.97. The van der Waals surface area contributed by atoms with E-state index in [-0.39, 0.29) is 29.3 Å². The van der Waals surface area contributed by atoms with Crippen LogP contribution >= 0.6 is 11.6 Å². The highest BCUT2D eigenvalue weighted by atomic mass is 35.5. The average Bonchev–Trinajstić information content (AvgIpc) is 2.85. The molecule has 1 amide bonds. The van der Waals surface area contributed by atoms with Crippen LogP contribution in [0.15, 0.2) is 53.4 Å². The summed E-state index contributed by atoms with van der Waals surface area (Å²) in [6.07, 6.45) is 3.78. The fourth-order valence-electron chi connectivity index (χ4n) is 4.79. The van der Waals surface area contributed by atoms with Crippen molar-refractivity contribution in [3.63, 3.8) is 0 Å². The second-order valence-corrected chi connectivity index (χ2v) is 12.0. The van der Waals surface area contributed by atoms with Crippen LogP contribution in [0.5, 0.6) is 0 Å². The number of carbonyl (C=O) groups excluding carboxylic acids is 1. The molecule has 0 radical (unpaired) electrons. The van der Waals surface area contributed by atoms with Gasteiger partial charge >= 0.3 is 0 Å². The van der Waals surface area contributed by atoms with E-state index in [0.717, 1.165) is 24.6 Å². The van der Waals surface area contributed by atoms with Crippen molar-refractivity contribution in [1.29, 1.82) is 0 Å². The Bertz CT molecular complexity index is 1080. The Hall–Kier alpha value is -2.09. The van der Waals surface area contributed by atoms with Gasteiger partial charge < -0.3 is 10.2 Å². The number of nitrogens with one attached hydrogen (secondary N) is 1. The molecule has 34 heavy (non-hydrogen) atoms. The molecule has 2 saturated heterocycles. The molecule has 2 atom stereocenters. The summed E-state index contributed by atoms with van der Waals surface area (Å²) in [5.74, 6) is 0.327. The first-order chi connectivity index (χ1) is 16.2. The Balaban J connectivity index is 1.36. The van der Waals surface area contributed by atoms with E-state index in [1.54, 1.807) is 12.1 Å². The number of anilines is 1. The summed E-state index contributed by atoms with van der Waals surface area (Å²) >= 11 is 5.90. The summed E-state index contributed by atoms with van der Waals surface area (Å²) in [6.45, 7) is 7.06. The molecule has 4 rings (SSSR count). The summed E-state index contributed by atoms with van der Waals surface area (Å²) in [7, 11) is -3.65. The van der Waals surface area contributed by atoms with Gasteiger partial charge in [-0.15, -0.1) is 0 Å². The summed E-state index contributed by atoms with van der Waals surface area (Å²) in [6, 6.07) is 14.4. The molecule has 184 valence electrons. The van der Waals surface area contributed by atoms with Crippen molar-refractivity contribution in [3.8, 4) is 0 Å². The standard InChI is InChI=1S/C26H34ClN3O3S/c1-19-13-16-29(17-14-19)24-9-5-21(6-10-24)20(2)28-26(31)22-4-3-15-30(18-22)34(32,33)25-11-7-23(27)8-12-25/h5-12,19-20,22H,3-4,13-18H2,1-2H3,(H,28,31). The quantitative estimate of drug-likeness (QED) is 0.611. The third-order valence-corrected chi connectivity index (χ3v) is 9.24. The topological polar surface area (TPSA) is 69.7 Å². The van der Waals surface area contributed by atoms with Gasteiger partial charge in [0.2, 0.25) is 15.9 Å². The predicted octanol–water partition coefficient (Wildman–Crippen LogP) is 4.85. The van der Waals surface area contributed by atoms with Crippen LogP contribution in [-0.4, -0.2) is 44.8 Å². The van der Waals surface area contributed by atoms with Crippen LogP contribution in [0, 0.1) is 11.8 Å². The molecule has 0 aliphatic carbocycles. The van der Waals surface area contributed by atoms with Crippen LogP contribution in [0.3, 0.4) is 0 Å². The van der Waals surface area contributed by atoms with Crippen molar-refractivity contribution in [2.24, 2.45) is 11.8 Å². The number of hydrogen-bond donors (Lipinski definition) is 1. The Morgan fingerprint density at radius 3 is 2.29 bits per heavy atom. The number of rotatable bonds is 6. The molecule has 1 N–H and O–H groups in total. The molecule has 2 aliphatic heterocycles. The summed E-state index contributed by atoms with van der Waals surface area (Å²) < 4.78 is 27.5. The van der Waals surface area contributed by atoms with Gasteiger partial charge in [0.15, 0.2) is 0 Å². The molecule has 0 saturated carbocycles. The van der Waals surface area contributed by atoms with Gasteiger partial charge in [0, 0.05) is 36.9 Å². The summed E-state index contributed by atoms with van der Waals surface area (Å²) in [5.41, 5.74) is 2.27. The fraction of sp³-hybridized carbons (Fsp3) is 0.500. The highest BCUT2D eigenvalue weighted by Crippen LogP contribution is 2.27. The highest BCUT2D eigenvalue weighted by molar-refractivity contribution is 7.89. The van der Waals surface area contributed by atoms with Crippen molar-refractivity contribution < 1.29 is 13.2 Å². The SMILES string of the molecule is CC1CCN(c2ccc(C(C)NC(=O)C3CCCN(S(=O)(=O)c4ccc(Cl)cc4)C3)cc2)CC1. The van der Waals surface area contributed by atoms with Gasteiger partial charge in [0.25, 0.3) is 0 Å². The van der Waals surface area contributed by atoms with Gasteiger partial charge in [-0.25, -0.2) is 8.42 Å². The number of sulfonamides is 1. The minimum absolute atomic E-state index is 0.0994. The first-order valence-corrected chi connectivity index (χ1v) is 14.0. The Morgan fingerprint density at radius 1 is 1.00 bits per heavy atom. The van der Waals surface area contributed by atoms with Crippen LogP contribution in [0.25, 0.3) is 0 Å². The number of amides is 1. The zero-order valence-electron chi connectivity index (χ0n) is 19.9. The molecule has 2 unspecified atom stereocenters. The van der Waals surface area contributed by atoms with E-state index in [0.29, 0.717) is 24.4 Å². The van der Waals surface area contributed by atoms with Crippen LogP contribution in [0.2, 0.25) is 5.02 Å². The molecule has 0 aromatic heterocycles. The van der Waals surface area contributed by atoms with Crippen molar-refractivity contribution >= 4 is 33.2 Å². The van der Waals surface area contributed by atoms with Crippen molar-refractivity contribution in [1.82, 2.24) is 9.62 Å². The Kier molecular flexibility index (Phi) is 7.85. The fourth-order valence-corrected chi connectivity index (χ4v) is 6.44. The maximum Gasteiger partial charge on any atom is 0.243 e. The van der Waals surface area contributed by atoms with Crippen molar-refractivity contribution in [3.05, 3.63) is 59.1 Å². The van der Waals surface area contributed by atoms with Gasteiger partial charge in [-0.05, 0) is 80.5 Å². The van der Waals surface area contributed by atoms with E-state index in [4.69, 9.17) is 11.6 Å². The van der Waals surface area contributed by atoms with Gasteiger partial charge in [-0.2, -0.15) is 4.31 Å².